The molecule has 4 aromatic heterocycles. The van der Waals surface area contributed by atoms with Gasteiger partial charge in [-0.05, 0) is 57.1 Å². The summed E-state index contributed by atoms with van der Waals surface area (Å²) in [5, 5.41) is 9.55. The Bertz CT molecular complexity index is 1300. The van der Waals surface area contributed by atoms with E-state index in [4.69, 9.17) is 4.98 Å². The molecule has 31 heavy (non-hydrogen) atoms. The summed E-state index contributed by atoms with van der Waals surface area (Å²) in [6.07, 6.45) is 4.60. The molecule has 1 saturated carbocycles. The van der Waals surface area contributed by atoms with Gasteiger partial charge in [0.05, 0.1) is 5.39 Å². The highest BCUT2D eigenvalue weighted by Gasteiger charge is 2.39. The molecule has 0 radical (unpaired) electrons. The van der Waals surface area contributed by atoms with E-state index in [9.17, 15) is 13.2 Å². The van der Waals surface area contributed by atoms with Gasteiger partial charge in [-0.3, -0.25) is 4.68 Å². The van der Waals surface area contributed by atoms with Crippen LogP contribution in [0.4, 0.5) is 13.2 Å². The van der Waals surface area contributed by atoms with Crippen LogP contribution in [0.1, 0.15) is 78.6 Å². The van der Waals surface area contributed by atoms with Crippen molar-refractivity contribution in [3.05, 3.63) is 40.0 Å². The van der Waals surface area contributed by atoms with Crippen LogP contribution in [0.25, 0.3) is 15.9 Å². The molecule has 2 aliphatic carbocycles. The Morgan fingerprint density at radius 3 is 2.71 bits per heavy atom. The average Bonchev–Trinajstić information content (AvgIpc) is 3.24. The zero-order valence-electron chi connectivity index (χ0n) is 17.0. The molecule has 0 N–H and O–H groups in total. The Hall–Kier alpha value is -2.49. The summed E-state index contributed by atoms with van der Waals surface area (Å²) in [5.41, 5.74) is 1.82. The van der Waals surface area contributed by atoms with Crippen LogP contribution in [0, 0.1) is 0 Å². The molecule has 2 aliphatic rings. The minimum absolute atomic E-state index is 0.129. The number of rotatable bonds is 3. The number of thiophene rings is 1. The van der Waals surface area contributed by atoms with Gasteiger partial charge in [0, 0.05) is 16.5 Å². The van der Waals surface area contributed by atoms with Gasteiger partial charge in [0.15, 0.2) is 17.2 Å². The zero-order chi connectivity index (χ0) is 21.3. The highest BCUT2D eigenvalue weighted by Crippen LogP contribution is 2.43. The van der Waals surface area contributed by atoms with Crippen molar-refractivity contribution < 1.29 is 13.2 Å². The molecule has 10 heteroatoms. The van der Waals surface area contributed by atoms with Gasteiger partial charge < -0.3 is 0 Å². The van der Waals surface area contributed by atoms with Crippen LogP contribution in [0.3, 0.4) is 0 Å². The van der Waals surface area contributed by atoms with Gasteiger partial charge in [0.1, 0.15) is 17.2 Å². The second kappa shape index (κ2) is 6.75. The van der Waals surface area contributed by atoms with Crippen LogP contribution >= 0.6 is 11.3 Å². The van der Waals surface area contributed by atoms with Crippen LogP contribution in [-0.4, -0.2) is 29.4 Å². The first-order chi connectivity index (χ1) is 14.9. The number of aromatic nitrogens is 6. The van der Waals surface area contributed by atoms with Crippen molar-refractivity contribution in [2.75, 3.05) is 0 Å². The second-order valence-electron chi connectivity index (χ2n) is 8.57. The maximum Gasteiger partial charge on any atom is 0.435 e. The molecule has 1 unspecified atom stereocenters. The first kappa shape index (κ1) is 19.2. The van der Waals surface area contributed by atoms with Gasteiger partial charge >= 0.3 is 6.18 Å². The number of nitrogens with zero attached hydrogens (tertiary/aromatic N) is 6. The summed E-state index contributed by atoms with van der Waals surface area (Å²) < 4.78 is 43.1. The SMILES string of the molecule is CC(c1nc2c3c4c(sc3ncn2n1)CCCCC4)n1nc(C(F)(F)F)cc1C1CC1. The van der Waals surface area contributed by atoms with E-state index < -0.39 is 17.9 Å². The van der Waals surface area contributed by atoms with Crippen molar-refractivity contribution in [2.45, 2.75) is 70.0 Å². The molecule has 0 spiro atoms. The Kier molecular flexibility index (Phi) is 4.19. The zero-order valence-corrected chi connectivity index (χ0v) is 17.8. The van der Waals surface area contributed by atoms with Crippen molar-refractivity contribution in [1.82, 2.24) is 29.4 Å². The Morgan fingerprint density at radius 1 is 1.13 bits per heavy atom. The highest BCUT2D eigenvalue weighted by atomic mass is 32.1. The number of hydrogen-bond donors (Lipinski definition) is 0. The third kappa shape index (κ3) is 3.14. The predicted octanol–water partition coefficient (Wildman–Crippen LogP) is 5.31. The molecule has 1 fully saturated rings. The lowest BCUT2D eigenvalue weighted by Gasteiger charge is -2.12. The van der Waals surface area contributed by atoms with Gasteiger partial charge in [0.25, 0.3) is 0 Å². The molecule has 0 saturated heterocycles. The fourth-order valence-electron chi connectivity index (χ4n) is 4.58. The van der Waals surface area contributed by atoms with Crippen LogP contribution in [0.2, 0.25) is 0 Å². The van der Waals surface area contributed by atoms with Gasteiger partial charge in [-0.2, -0.15) is 18.3 Å². The summed E-state index contributed by atoms with van der Waals surface area (Å²) in [6.45, 7) is 1.81. The van der Waals surface area contributed by atoms with Crippen LogP contribution in [-0.2, 0) is 19.0 Å². The van der Waals surface area contributed by atoms with Crippen molar-refractivity contribution in [3.63, 3.8) is 0 Å². The van der Waals surface area contributed by atoms with Gasteiger partial charge in [-0.1, -0.05) is 6.42 Å². The first-order valence-corrected chi connectivity index (χ1v) is 11.5. The van der Waals surface area contributed by atoms with Crippen molar-refractivity contribution in [1.29, 1.82) is 0 Å². The molecule has 6 nitrogen and oxygen atoms in total. The summed E-state index contributed by atoms with van der Waals surface area (Å²) >= 11 is 1.73. The highest BCUT2D eigenvalue weighted by molar-refractivity contribution is 7.19. The van der Waals surface area contributed by atoms with E-state index in [1.54, 1.807) is 22.2 Å². The minimum Gasteiger partial charge on any atom is -0.258 e. The van der Waals surface area contributed by atoms with E-state index in [1.807, 2.05) is 6.92 Å². The molecule has 0 aliphatic heterocycles. The normalized spacial score (nSPS) is 18.5. The third-order valence-electron chi connectivity index (χ3n) is 6.35. The molecule has 1 atom stereocenters. The van der Waals surface area contributed by atoms with E-state index >= 15 is 0 Å². The van der Waals surface area contributed by atoms with E-state index in [0.29, 0.717) is 11.5 Å². The monoisotopic (exact) mass is 446 g/mol. The van der Waals surface area contributed by atoms with E-state index in [0.717, 1.165) is 48.0 Å². The maximum atomic E-state index is 13.3. The predicted molar refractivity (Wildman–Crippen MR) is 110 cm³/mol. The summed E-state index contributed by atoms with van der Waals surface area (Å²) in [4.78, 5) is 11.7. The minimum atomic E-state index is -4.47. The fourth-order valence-corrected chi connectivity index (χ4v) is 5.80. The number of fused-ring (bicyclic) bond motifs is 5. The number of aryl methyl sites for hydroxylation is 2. The standard InChI is InChI=1S/C21H21F3N6S/c1-11(30-14(12-7-8-12)9-16(27-30)21(22,23)24)18-26-19-17-13-5-3-2-4-6-15(13)31-20(17)25-10-29(19)28-18/h9-12H,2-8H2,1H3. The molecule has 4 aromatic rings. The van der Waals surface area contributed by atoms with E-state index in [1.165, 1.54) is 34.0 Å². The fraction of sp³-hybridized carbons (Fsp3) is 0.524. The third-order valence-corrected chi connectivity index (χ3v) is 7.55. The summed E-state index contributed by atoms with van der Waals surface area (Å²) in [6, 6.07) is 0.682. The molecule has 162 valence electrons. The average molecular weight is 447 g/mol. The Balaban J connectivity index is 1.47. The van der Waals surface area contributed by atoms with Gasteiger partial charge in [-0.15, -0.1) is 16.4 Å². The molecule has 4 heterocycles. The lowest BCUT2D eigenvalue weighted by Crippen LogP contribution is -2.15. The summed E-state index contributed by atoms with van der Waals surface area (Å²) in [5.74, 6) is 0.589. The molecule has 0 aromatic carbocycles. The quantitative estimate of drug-likeness (QED) is 0.400. The van der Waals surface area contributed by atoms with Crippen molar-refractivity contribution in [2.24, 2.45) is 0 Å². The van der Waals surface area contributed by atoms with Gasteiger partial charge in [0.2, 0.25) is 0 Å². The Labute approximate surface area is 180 Å². The first-order valence-electron chi connectivity index (χ1n) is 10.7. The second-order valence-corrected chi connectivity index (χ2v) is 9.66. The van der Waals surface area contributed by atoms with E-state index in [-0.39, 0.29) is 5.92 Å². The molecule has 0 amide bonds. The molecular weight excluding hydrogens is 425 g/mol. The lowest BCUT2D eigenvalue weighted by molar-refractivity contribution is -0.141. The van der Waals surface area contributed by atoms with Crippen LogP contribution in [0.5, 0.6) is 0 Å². The smallest absolute Gasteiger partial charge is 0.258 e. The largest absolute Gasteiger partial charge is 0.435 e. The maximum absolute atomic E-state index is 13.3. The molecule has 6 rings (SSSR count). The topological polar surface area (TPSA) is 60.9 Å². The number of alkyl halides is 3. The molecule has 0 bridgehead atoms. The Morgan fingerprint density at radius 2 is 1.94 bits per heavy atom. The van der Waals surface area contributed by atoms with Crippen molar-refractivity contribution >= 4 is 27.2 Å². The van der Waals surface area contributed by atoms with E-state index in [2.05, 4.69) is 15.2 Å². The number of halogens is 3. The van der Waals surface area contributed by atoms with Crippen LogP contribution < -0.4 is 0 Å². The lowest BCUT2D eigenvalue weighted by atomic mass is 10.1. The van der Waals surface area contributed by atoms with Crippen molar-refractivity contribution in [3.8, 4) is 0 Å². The van der Waals surface area contributed by atoms with Crippen LogP contribution in [0.15, 0.2) is 12.4 Å². The van der Waals surface area contributed by atoms with Gasteiger partial charge in [-0.25, -0.2) is 14.5 Å². The molecular formula is C21H21F3N6S. The number of hydrogen-bond acceptors (Lipinski definition) is 5. The summed E-state index contributed by atoms with van der Waals surface area (Å²) in [7, 11) is 0.